The summed E-state index contributed by atoms with van der Waals surface area (Å²) in [5, 5.41) is 3.30. The Labute approximate surface area is 93.3 Å². The predicted octanol–water partition coefficient (Wildman–Crippen LogP) is 0.824. The second-order valence-electron chi connectivity index (χ2n) is 3.88. The molecule has 0 radical (unpaired) electrons. The van der Waals surface area contributed by atoms with Crippen LogP contribution in [0.15, 0.2) is 0 Å². The van der Waals surface area contributed by atoms with Crippen LogP contribution in [-0.2, 0) is 14.6 Å². The minimum absolute atomic E-state index is 0.115. The van der Waals surface area contributed by atoms with Crippen LogP contribution in [-0.4, -0.2) is 46.2 Å². The summed E-state index contributed by atoms with van der Waals surface area (Å²) in [6.45, 7) is 4.90. The molecule has 0 rings (SSSR count). The molecule has 0 aliphatic carbocycles. The van der Waals surface area contributed by atoms with E-state index in [2.05, 4.69) is 5.32 Å². The first-order valence-electron chi connectivity index (χ1n) is 5.34. The summed E-state index contributed by atoms with van der Waals surface area (Å²) in [6.07, 6.45) is 2.90. The van der Waals surface area contributed by atoms with Crippen LogP contribution in [0.25, 0.3) is 0 Å². The lowest BCUT2D eigenvalue weighted by Crippen LogP contribution is -2.39. The van der Waals surface area contributed by atoms with Crippen LogP contribution < -0.4 is 5.32 Å². The number of methoxy groups -OCH3 is 1. The molecule has 0 bridgehead atoms. The van der Waals surface area contributed by atoms with Crippen molar-refractivity contribution < 1.29 is 13.2 Å². The molecule has 2 unspecified atom stereocenters. The molecule has 0 aromatic carbocycles. The molecular weight excluding hydrogens is 214 g/mol. The summed E-state index contributed by atoms with van der Waals surface area (Å²) in [5.41, 5.74) is 0. The fraction of sp³-hybridized carbons (Fsp3) is 1.00. The van der Waals surface area contributed by atoms with E-state index in [1.54, 1.807) is 7.11 Å². The van der Waals surface area contributed by atoms with Crippen molar-refractivity contribution in [3.05, 3.63) is 0 Å². The minimum atomic E-state index is -2.84. The van der Waals surface area contributed by atoms with Crippen LogP contribution in [0.1, 0.15) is 26.7 Å². The Bertz CT molecular complexity index is 251. The third-order valence-corrected chi connectivity index (χ3v) is 3.47. The number of rotatable bonds is 8. The Kier molecular flexibility index (Phi) is 7.13. The van der Waals surface area contributed by atoms with Crippen molar-refractivity contribution in [2.24, 2.45) is 0 Å². The highest BCUT2D eigenvalue weighted by molar-refractivity contribution is 7.90. The smallest absolute Gasteiger partial charge is 0.147 e. The Morgan fingerprint density at radius 3 is 2.40 bits per heavy atom. The van der Waals surface area contributed by atoms with Crippen LogP contribution in [0.4, 0.5) is 0 Å². The van der Waals surface area contributed by atoms with Gasteiger partial charge in [-0.15, -0.1) is 0 Å². The lowest BCUT2D eigenvalue weighted by Gasteiger charge is -2.23. The van der Waals surface area contributed by atoms with Crippen molar-refractivity contribution in [2.75, 3.05) is 25.7 Å². The van der Waals surface area contributed by atoms with Gasteiger partial charge in [-0.2, -0.15) is 0 Å². The number of hydrogen-bond acceptors (Lipinski definition) is 4. The predicted molar refractivity (Wildman–Crippen MR) is 62.9 cm³/mol. The summed E-state index contributed by atoms with van der Waals surface area (Å²) >= 11 is 0. The van der Waals surface area contributed by atoms with Gasteiger partial charge in [0.25, 0.3) is 0 Å². The number of sulfone groups is 1. The van der Waals surface area contributed by atoms with E-state index in [0.717, 1.165) is 13.0 Å². The topological polar surface area (TPSA) is 55.4 Å². The molecule has 1 N–H and O–H groups in total. The molecule has 5 heteroatoms. The van der Waals surface area contributed by atoms with Gasteiger partial charge in [0.15, 0.2) is 0 Å². The first-order chi connectivity index (χ1) is 6.90. The molecule has 2 atom stereocenters. The molecule has 0 saturated carbocycles. The maximum atomic E-state index is 11.0. The largest absolute Gasteiger partial charge is 0.380 e. The Morgan fingerprint density at radius 2 is 2.00 bits per heavy atom. The van der Waals surface area contributed by atoms with E-state index in [-0.39, 0.29) is 17.9 Å². The summed E-state index contributed by atoms with van der Waals surface area (Å²) in [7, 11) is -1.16. The van der Waals surface area contributed by atoms with Crippen LogP contribution in [0.5, 0.6) is 0 Å². The van der Waals surface area contributed by atoms with E-state index in [1.807, 2.05) is 13.8 Å². The second kappa shape index (κ2) is 7.19. The molecule has 4 nitrogen and oxygen atoms in total. The van der Waals surface area contributed by atoms with Gasteiger partial charge >= 0.3 is 0 Å². The molecule has 0 fully saturated rings. The maximum Gasteiger partial charge on any atom is 0.147 e. The van der Waals surface area contributed by atoms with Crippen molar-refractivity contribution >= 4 is 9.84 Å². The van der Waals surface area contributed by atoms with Gasteiger partial charge < -0.3 is 10.1 Å². The molecule has 92 valence electrons. The summed E-state index contributed by atoms with van der Waals surface area (Å²) in [4.78, 5) is 0. The first kappa shape index (κ1) is 14.9. The van der Waals surface area contributed by atoms with Crippen LogP contribution in [0, 0.1) is 0 Å². The molecular formula is C10H23NO3S. The standard InChI is InChI=1S/C10H23NO3S/c1-5-11-10(9(2)14-3)7-6-8-15(4,12)13/h9-11H,5-8H2,1-4H3. The number of nitrogens with one attached hydrogen (secondary N) is 1. The summed E-state index contributed by atoms with van der Waals surface area (Å²) < 4.78 is 27.2. The number of likely N-dealkylation sites (N-methyl/N-ethyl adjacent to an activating group) is 1. The zero-order chi connectivity index (χ0) is 11.9. The van der Waals surface area contributed by atoms with Crippen LogP contribution in [0.2, 0.25) is 0 Å². The van der Waals surface area contributed by atoms with E-state index in [9.17, 15) is 8.42 Å². The fourth-order valence-electron chi connectivity index (χ4n) is 1.49. The van der Waals surface area contributed by atoms with Gasteiger partial charge in [0.2, 0.25) is 0 Å². The third-order valence-electron chi connectivity index (χ3n) is 2.43. The van der Waals surface area contributed by atoms with E-state index < -0.39 is 9.84 Å². The number of hydrogen-bond donors (Lipinski definition) is 1. The maximum absolute atomic E-state index is 11.0. The lowest BCUT2D eigenvalue weighted by atomic mass is 10.1. The average Bonchev–Trinajstić information content (AvgIpc) is 2.13. The molecule has 0 spiro atoms. The monoisotopic (exact) mass is 237 g/mol. The van der Waals surface area contributed by atoms with Crippen molar-refractivity contribution in [3.8, 4) is 0 Å². The quantitative estimate of drug-likeness (QED) is 0.679. The summed E-state index contributed by atoms with van der Waals surface area (Å²) in [5.74, 6) is 0.255. The highest BCUT2D eigenvalue weighted by Crippen LogP contribution is 2.06. The first-order valence-corrected chi connectivity index (χ1v) is 7.40. The Morgan fingerprint density at radius 1 is 1.40 bits per heavy atom. The fourth-order valence-corrected chi connectivity index (χ4v) is 2.19. The molecule has 0 aromatic rings. The van der Waals surface area contributed by atoms with E-state index in [4.69, 9.17) is 4.74 Å². The van der Waals surface area contributed by atoms with E-state index in [1.165, 1.54) is 6.26 Å². The van der Waals surface area contributed by atoms with Gasteiger partial charge in [-0.25, -0.2) is 8.42 Å². The zero-order valence-corrected chi connectivity index (χ0v) is 10.9. The van der Waals surface area contributed by atoms with Gasteiger partial charge in [-0.1, -0.05) is 6.92 Å². The van der Waals surface area contributed by atoms with E-state index >= 15 is 0 Å². The van der Waals surface area contributed by atoms with Gasteiger partial charge in [-0.3, -0.25) is 0 Å². The van der Waals surface area contributed by atoms with Crippen molar-refractivity contribution in [1.82, 2.24) is 5.32 Å². The lowest BCUT2D eigenvalue weighted by molar-refractivity contribution is 0.0804. The molecule has 0 amide bonds. The van der Waals surface area contributed by atoms with Crippen LogP contribution in [0.3, 0.4) is 0 Å². The second-order valence-corrected chi connectivity index (χ2v) is 6.14. The van der Waals surface area contributed by atoms with Gasteiger partial charge in [0.05, 0.1) is 6.10 Å². The molecule has 15 heavy (non-hydrogen) atoms. The minimum Gasteiger partial charge on any atom is -0.380 e. The molecule has 0 aliphatic rings. The normalized spacial score (nSPS) is 16.3. The summed E-state index contributed by atoms with van der Waals surface area (Å²) in [6, 6.07) is 0.238. The third kappa shape index (κ3) is 7.76. The Hall–Kier alpha value is -0.130. The highest BCUT2D eigenvalue weighted by atomic mass is 32.2. The highest BCUT2D eigenvalue weighted by Gasteiger charge is 2.15. The Balaban J connectivity index is 3.96. The van der Waals surface area contributed by atoms with Gasteiger partial charge in [0, 0.05) is 25.2 Å². The molecule has 0 aromatic heterocycles. The molecule has 0 saturated heterocycles. The van der Waals surface area contributed by atoms with Crippen molar-refractivity contribution in [1.29, 1.82) is 0 Å². The van der Waals surface area contributed by atoms with Crippen molar-refractivity contribution in [3.63, 3.8) is 0 Å². The number of ether oxygens (including phenoxy) is 1. The van der Waals surface area contributed by atoms with E-state index in [0.29, 0.717) is 6.42 Å². The zero-order valence-electron chi connectivity index (χ0n) is 10.1. The van der Waals surface area contributed by atoms with Gasteiger partial charge in [-0.05, 0) is 26.3 Å². The van der Waals surface area contributed by atoms with Gasteiger partial charge in [0.1, 0.15) is 9.84 Å². The average molecular weight is 237 g/mol. The van der Waals surface area contributed by atoms with Crippen LogP contribution >= 0.6 is 0 Å². The SMILES string of the molecule is CCNC(CCCS(C)(=O)=O)C(C)OC. The van der Waals surface area contributed by atoms with Crippen molar-refractivity contribution in [2.45, 2.75) is 38.8 Å². The molecule has 0 aliphatic heterocycles. The molecule has 0 heterocycles.